The summed E-state index contributed by atoms with van der Waals surface area (Å²) in [6.07, 6.45) is 0.499. The highest BCUT2D eigenvalue weighted by molar-refractivity contribution is 5.36. The zero-order valence-corrected chi connectivity index (χ0v) is 7.72. The molecule has 0 N–H and O–H groups in total. The highest BCUT2D eigenvalue weighted by atomic mass is 19.1. The molecule has 1 fully saturated rings. The molecule has 1 atom stereocenters. The molecule has 0 aromatic heterocycles. The molecule has 2 rings (SSSR count). The van der Waals surface area contributed by atoms with Crippen LogP contribution in [0.15, 0.2) is 12.1 Å². The van der Waals surface area contributed by atoms with Crippen LogP contribution in [0.2, 0.25) is 0 Å². The standard InChI is InChI=1S/C10H10F2O2/c1-13-10-3-6(11)2-9(12)8(10)4-7-5-14-7/h2-3,7H,4-5H2,1H3. The fourth-order valence-corrected chi connectivity index (χ4v) is 1.37. The number of halogens is 2. The molecule has 0 amide bonds. The van der Waals surface area contributed by atoms with Crippen molar-refractivity contribution in [2.24, 2.45) is 0 Å². The van der Waals surface area contributed by atoms with Gasteiger partial charge in [0.05, 0.1) is 19.8 Å². The Morgan fingerprint density at radius 1 is 1.50 bits per heavy atom. The molecule has 14 heavy (non-hydrogen) atoms. The molecular formula is C10H10F2O2. The van der Waals surface area contributed by atoms with E-state index in [1.807, 2.05) is 0 Å². The van der Waals surface area contributed by atoms with Crippen LogP contribution < -0.4 is 4.74 Å². The molecule has 0 bridgehead atoms. The van der Waals surface area contributed by atoms with Crippen LogP contribution in [0.1, 0.15) is 5.56 Å². The second-order valence-corrected chi connectivity index (χ2v) is 3.23. The van der Waals surface area contributed by atoms with Crippen LogP contribution in [0.4, 0.5) is 8.78 Å². The Morgan fingerprint density at radius 2 is 2.21 bits per heavy atom. The van der Waals surface area contributed by atoms with Gasteiger partial charge in [-0.05, 0) is 0 Å². The van der Waals surface area contributed by atoms with Gasteiger partial charge in [0.15, 0.2) is 0 Å². The predicted octanol–water partition coefficient (Wildman–Crippen LogP) is 1.91. The Bertz CT molecular complexity index is 348. The molecule has 0 radical (unpaired) electrons. The highest BCUT2D eigenvalue weighted by Gasteiger charge is 2.26. The fourth-order valence-electron chi connectivity index (χ4n) is 1.37. The summed E-state index contributed by atoms with van der Waals surface area (Å²) < 4.78 is 36.0. The zero-order valence-electron chi connectivity index (χ0n) is 7.72. The van der Waals surface area contributed by atoms with E-state index in [0.29, 0.717) is 18.6 Å². The minimum Gasteiger partial charge on any atom is -0.496 e. The Labute approximate surface area is 80.4 Å². The zero-order chi connectivity index (χ0) is 10.1. The molecule has 1 aliphatic rings. The number of methoxy groups -OCH3 is 1. The first-order chi connectivity index (χ1) is 6.70. The molecule has 1 unspecified atom stereocenters. The van der Waals surface area contributed by atoms with Crippen LogP contribution in [-0.4, -0.2) is 19.8 Å². The van der Waals surface area contributed by atoms with Crippen molar-refractivity contribution in [2.45, 2.75) is 12.5 Å². The summed E-state index contributed by atoms with van der Waals surface area (Å²) in [5, 5.41) is 0. The van der Waals surface area contributed by atoms with Crippen molar-refractivity contribution in [1.82, 2.24) is 0 Å². The van der Waals surface area contributed by atoms with Crippen molar-refractivity contribution in [3.63, 3.8) is 0 Å². The topological polar surface area (TPSA) is 21.8 Å². The predicted molar refractivity (Wildman–Crippen MR) is 46.4 cm³/mol. The Morgan fingerprint density at radius 3 is 2.79 bits per heavy atom. The van der Waals surface area contributed by atoms with Crippen LogP contribution in [0.3, 0.4) is 0 Å². The van der Waals surface area contributed by atoms with Crippen LogP contribution in [0, 0.1) is 11.6 Å². The van der Waals surface area contributed by atoms with E-state index in [-0.39, 0.29) is 11.9 Å². The van der Waals surface area contributed by atoms with Crippen LogP contribution >= 0.6 is 0 Å². The van der Waals surface area contributed by atoms with Crippen molar-refractivity contribution in [1.29, 1.82) is 0 Å². The number of hydrogen-bond acceptors (Lipinski definition) is 2. The van der Waals surface area contributed by atoms with E-state index in [1.165, 1.54) is 13.2 Å². The molecule has 1 aromatic rings. The number of ether oxygens (including phenoxy) is 2. The molecule has 1 saturated heterocycles. The van der Waals surface area contributed by atoms with Gasteiger partial charge < -0.3 is 9.47 Å². The van der Waals surface area contributed by atoms with Crippen LogP contribution in [-0.2, 0) is 11.2 Å². The Balaban J connectivity index is 2.33. The number of hydrogen-bond donors (Lipinski definition) is 0. The van der Waals surface area contributed by atoms with E-state index < -0.39 is 11.6 Å². The summed E-state index contributed by atoms with van der Waals surface area (Å²) in [6.45, 7) is 0.639. The second kappa shape index (κ2) is 3.53. The summed E-state index contributed by atoms with van der Waals surface area (Å²) in [7, 11) is 1.39. The van der Waals surface area contributed by atoms with Gasteiger partial charge in [0.1, 0.15) is 17.4 Å². The third-order valence-electron chi connectivity index (χ3n) is 2.17. The first kappa shape index (κ1) is 9.40. The lowest BCUT2D eigenvalue weighted by molar-refractivity contribution is 0.381. The third-order valence-corrected chi connectivity index (χ3v) is 2.17. The maximum Gasteiger partial charge on any atom is 0.133 e. The van der Waals surface area contributed by atoms with Crippen molar-refractivity contribution in [2.75, 3.05) is 13.7 Å². The molecule has 76 valence electrons. The minimum atomic E-state index is -0.625. The monoisotopic (exact) mass is 200 g/mol. The van der Waals surface area contributed by atoms with Gasteiger partial charge in [0.25, 0.3) is 0 Å². The lowest BCUT2D eigenvalue weighted by Crippen LogP contribution is -2.01. The summed E-state index contributed by atoms with van der Waals surface area (Å²) in [5.74, 6) is -0.949. The average molecular weight is 200 g/mol. The van der Waals surface area contributed by atoms with Crippen LogP contribution in [0.25, 0.3) is 0 Å². The highest BCUT2D eigenvalue weighted by Crippen LogP contribution is 2.27. The SMILES string of the molecule is COc1cc(F)cc(F)c1CC1CO1. The van der Waals surface area contributed by atoms with Gasteiger partial charge >= 0.3 is 0 Å². The van der Waals surface area contributed by atoms with Crippen LogP contribution in [0.5, 0.6) is 5.75 Å². The van der Waals surface area contributed by atoms with E-state index in [0.717, 1.165) is 6.07 Å². The smallest absolute Gasteiger partial charge is 0.133 e. The van der Waals surface area contributed by atoms with Gasteiger partial charge in [-0.2, -0.15) is 0 Å². The summed E-state index contributed by atoms with van der Waals surface area (Å²) in [4.78, 5) is 0. The van der Waals surface area contributed by atoms with Gasteiger partial charge in [-0.25, -0.2) is 8.78 Å². The normalized spacial score (nSPS) is 19.5. The van der Waals surface area contributed by atoms with Gasteiger partial charge in [0, 0.05) is 24.1 Å². The summed E-state index contributed by atoms with van der Waals surface area (Å²) in [5.41, 5.74) is 0.386. The quantitative estimate of drug-likeness (QED) is 0.695. The molecule has 1 heterocycles. The first-order valence-electron chi connectivity index (χ1n) is 4.34. The molecule has 0 spiro atoms. The largest absolute Gasteiger partial charge is 0.496 e. The molecular weight excluding hydrogens is 190 g/mol. The molecule has 1 aromatic carbocycles. The lowest BCUT2D eigenvalue weighted by Gasteiger charge is -2.08. The maximum atomic E-state index is 13.3. The lowest BCUT2D eigenvalue weighted by atomic mass is 10.1. The molecule has 1 aliphatic heterocycles. The maximum absolute atomic E-state index is 13.3. The van der Waals surface area contributed by atoms with E-state index in [2.05, 4.69) is 0 Å². The van der Waals surface area contributed by atoms with Gasteiger partial charge in [-0.3, -0.25) is 0 Å². The Hall–Kier alpha value is -1.16. The summed E-state index contributed by atoms with van der Waals surface area (Å²) in [6, 6.07) is 2.04. The van der Waals surface area contributed by atoms with Crippen molar-refractivity contribution in [3.05, 3.63) is 29.3 Å². The molecule has 4 heteroatoms. The van der Waals surface area contributed by atoms with Crippen molar-refractivity contribution < 1.29 is 18.3 Å². The van der Waals surface area contributed by atoms with Crippen molar-refractivity contribution in [3.8, 4) is 5.75 Å². The average Bonchev–Trinajstić information content (AvgIpc) is 2.93. The van der Waals surface area contributed by atoms with E-state index in [4.69, 9.17) is 9.47 Å². The number of rotatable bonds is 3. The van der Waals surface area contributed by atoms with Gasteiger partial charge in [-0.15, -0.1) is 0 Å². The fraction of sp³-hybridized carbons (Fsp3) is 0.400. The molecule has 2 nitrogen and oxygen atoms in total. The molecule has 0 aliphatic carbocycles. The first-order valence-corrected chi connectivity index (χ1v) is 4.34. The van der Waals surface area contributed by atoms with E-state index in [9.17, 15) is 8.78 Å². The second-order valence-electron chi connectivity index (χ2n) is 3.23. The minimum absolute atomic E-state index is 0.0591. The molecule has 0 saturated carbocycles. The van der Waals surface area contributed by atoms with Gasteiger partial charge in [0.2, 0.25) is 0 Å². The third kappa shape index (κ3) is 1.85. The number of benzene rings is 1. The Kier molecular flexibility index (Phi) is 2.37. The summed E-state index contributed by atoms with van der Waals surface area (Å²) >= 11 is 0. The van der Waals surface area contributed by atoms with Gasteiger partial charge in [-0.1, -0.05) is 0 Å². The van der Waals surface area contributed by atoms with E-state index in [1.54, 1.807) is 0 Å². The number of epoxide rings is 1. The van der Waals surface area contributed by atoms with Crippen molar-refractivity contribution >= 4 is 0 Å². The van der Waals surface area contributed by atoms with E-state index >= 15 is 0 Å².